The van der Waals surface area contributed by atoms with Crippen molar-refractivity contribution in [2.24, 2.45) is 7.05 Å². The van der Waals surface area contributed by atoms with Crippen molar-refractivity contribution >= 4 is 48.0 Å². The van der Waals surface area contributed by atoms with Gasteiger partial charge in [-0.2, -0.15) is 0 Å². The zero-order valence-corrected chi connectivity index (χ0v) is 18.2. The minimum atomic E-state index is 0.851. The molecule has 0 N–H and O–H groups in total. The van der Waals surface area contributed by atoms with Crippen LogP contribution in [0.15, 0.2) is 58.4 Å². The van der Waals surface area contributed by atoms with Gasteiger partial charge in [0.2, 0.25) is 0 Å². The molecule has 1 nitrogen and oxygen atoms in total. The van der Waals surface area contributed by atoms with Crippen LogP contribution in [0.3, 0.4) is 0 Å². The number of aryl methyl sites for hydroxylation is 2. The van der Waals surface area contributed by atoms with Crippen LogP contribution >= 0.6 is 35.3 Å². The highest BCUT2D eigenvalue weighted by atomic mass is 32.2. The summed E-state index contributed by atoms with van der Waals surface area (Å²) in [6, 6.07) is 6.62. The first kappa shape index (κ1) is 20.7. The Labute approximate surface area is 169 Å². The maximum atomic E-state index is 5.27. The fraction of sp³-hybridized carbons (Fsp3) is 0.227. The van der Waals surface area contributed by atoms with Gasteiger partial charge >= 0.3 is 0 Å². The Morgan fingerprint density at radius 2 is 1.96 bits per heavy atom. The van der Waals surface area contributed by atoms with Crippen LogP contribution in [0.5, 0.6) is 0 Å². The van der Waals surface area contributed by atoms with Crippen molar-refractivity contribution in [3.63, 3.8) is 0 Å². The van der Waals surface area contributed by atoms with Gasteiger partial charge in [0, 0.05) is 11.9 Å². The Kier molecular flexibility index (Phi) is 7.88. The molecule has 26 heavy (non-hydrogen) atoms. The molecule has 0 aliphatic heterocycles. The van der Waals surface area contributed by atoms with Crippen molar-refractivity contribution in [3.05, 3.63) is 78.4 Å². The van der Waals surface area contributed by atoms with Crippen LogP contribution in [-0.2, 0) is 7.05 Å². The van der Waals surface area contributed by atoms with E-state index in [1.165, 1.54) is 20.9 Å². The smallest absolute Gasteiger partial charge is 0.161 e. The lowest BCUT2D eigenvalue weighted by atomic mass is 10.2. The fourth-order valence-corrected chi connectivity index (χ4v) is 4.49. The molecule has 0 atom stereocenters. The zero-order valence-electron chi connectivity index (χ0n) is 15.8. The SMILES string of the molecule is C=c1\c(=C/C=C/C=C/C=C(/CC)Sc2ccc(C)cc2C)sc(=S)n1C. The summed E-state index contributed by atoms with van der Waals surface area (Å²) < 4.78 is 3.90. The van der Waals surface area contributed by atoms with Gasteiger partial charge in [-0.3, -0.25) is 0 Å². The van der Waals surface area contributed by atoms with Crippen molar-refractivity contribution in [2.45, 2.75) is 32.1 Å². The zero-order chi connectivity index (χ0) is 19.1. The summed E-state index contributed by atoms with van der Waals surface area (Å²) >= 11 is 8.70. The predicted octanol–water partition coefficient (Wildman–Crippen LogP) is 5.82. The molecule has 0 fully saturated rings. The summed E-state index contributed by atoms with van der Waals surface area (Å²) in [7, 11) is 1.95. The van der Waals surface area contributed by atoms with Gasteiger partial charge in [-0.1, -0.05) is 73.3 Å². The van der Waals surface area contributed by atoms with Crippen LogP contribution in [0.25, 0.3) is 12.7 Å². The number of hydrogen-bond acceptors (Lipinski definition) is 3. The van der Waals surface area contributed by atoms with Crippen molar-refractivity contribution in [2.75, 3.05) is 0 Å². The average Bonchev–Trinajstić information content (AvgIpc) is 2.85. The molecule has 2 aromatic rings. The summed E-state index contributed by atoms with van der Waals surface area (Å²) in [5.41, 5.74) is 2.64. The quantitative estimate of drug-likeness (QED) is 0.342. The van der Waals surface area contributed by atoms with Gasteiger partial charge in [0.05, 0.1) is 9.88 Å². The van der Waals surface area contributed by atoms with Crippen molar-refractivity contribution < 1.29 is 0 Å². The Balaban J connectivity index is 2.05. The molecule has 0 saturated heterocycles. The van der Waals surface area contributed by atoms with Gasteiger partial charge < -0.3 is 4.57 Å². The highest BCUT2D eigenvalue weighted by molar-refractivity contribution is 8.03. The van der Waals surface area contributed by atoms with E-state index >= 15 is 0 Å². The maximum Gasteiger partial charge on any atom is 0.161 e. The Hall–Kier alpha value is -1.62. The molecule has 2 rings (SSSR count). The number of benzene rings is 1. The number of allylic oxidation sites excluding steroid dienone is 6. The number of thiazole rings is 1. The Bertz CT molecular complexity index is 1020. The first-order valence-corrected chi connectivity index (χ1v) is 10.6. The van der Waals surface area contributed by atoms with E-state index in [1.807, 2.05) is 35.5 Å². The van der Waals surface area contributed by atoms with Gasteiger partial charge in [0.1, 0.15) is 0 Å². The van der Waals surface area contributed by atoms with E-state index < -0.39 is 0 Å². The molecule has 0 amide bonds. The van der Waals surface area contributed by atoms with E-state index in [0.717, 1.165) is 20.3 Å². The molecule has 0 unspecified atom stereocenters. The first-order chi connectivity index (χ1) is 12.4. The Morgan fingerprint density at radius 3 is 2.58 bits per heavy atom. The molecule has 4 heteroatoms. The minimum Gasteiger partial charge on any atom is -0.327 e. The highest BCUT2D eigenvalue weighted by Crippen LogP contribution is 2.31. The summed E-state index contributed by atoms with van der Waals surface area (Å²) in [6.07, 6.45) is 13.5. The molecular formula is C22H25NS3. The third-order valence-electron chi connectivity index (χ3n) is 3.94. The third-order valence-corrected chi connectivity index (χ3v) is 6.87. The normalized spacial score (nSPS) is 13.4. The molecule has 0 saturated carbocycles. The fourth-order valence-electron chi connectivity index (χ4n) is 2.34. The van der Waals surface area contributed by atoms with Crippen LogP contribution < -0.4 is 9.88 Å². The molecule has 1 aromatic carbocycles. The molecule has 0 aliphatic rings. The number of aromatic nitrogens is 1. The second-order valence-electron chi connectivity index (χ2n) is 6.03. The lowest BCUT2D eigenvalue weighted by Gasteiger charge is -2.08. The number of hydrogen-bond donors (Lipinski definition) is 0. The minimum absolute atomic E-state index is 0.851. The van der Waals surface area contributed by atoms with Crippen LogP contribution in [-0.4, -0.2) is 4.57 Å². The molecule has 1 aromatic heterocycles. The van der Waals surface area contributed by atoms with Gasteiger partial charge in [-0.05, 0) is 55.1 Å². The predicted molar refractivity (Wildman–Crippen MR) is 122 cm³/mol. The third kappa shape index (κ3) is 5.70. The highest BCUT2D eigenvalue weighted by Gasteiger charge is 2.02. The van der Waals surface area contributed by atoms with Gasteiger partial charge in [0.25, 0.3) is 0 Å². The number of rotatable bonds is 6. The first-order valence-electron chi connectivity index (χ1n) is 8.56. The number of thioether (sulfide) groups is 1. The summed E-state index contributed by atoms with van der Waals surface area (Å²) in [6.45, 7) is 10.6. The monoisotopic (exact) mass is 399 g/mol. The van der Waals surface area contributed by atoms with Gasteiger partial charge in [-0.25, -0.2) is 0 Å². The summed E-state index contributed by atoms with van der Waals surface area (Å²) in [5, 5.41) is 0.965. The van der Waals surface area contributed by atoms with Gasteiger partial charge in [0.15, 0.2) is 3.95 Å². The van der Waals surface area contributed by atoms with E-state index in [9.17, 15) is 0 Å². The standard InChI is InChI=1S/C22H25NS3/c1-6-19(25-20-14-13-16(2)15-17(20)3)11-9-7-8-10-12-21-18(4)23(5)22(24)26-21/h7-15H,4,6H2,1-3,5H3/b9-7+,10-8+,19-11-,21-12+. The van der Waals surface area contributed by atoms with E-state index in [0.29, 0.717) is 0 Å². The molecule has 0 radical (unpaired) electrons. The molecule has 0 aliphatic carbocycles. The molecular weight excluding hydrogens is 374 g/mol. The van der Waals surface area contributed by atoms with E-state index in [4.69, 9.17) is 12.2 Å². The molecule has 0 bridgehead atoms. The molecule has 136 valence electrons. The largest absolute Gasteiger partial charge is 0.327 e. The lowest BCUT2D eigenvalue weighted by molar-refractivity contribution is 0.882. The average molecular weight is 400 g/mol. The number of nitrogens with zero attached hydrogens (tertiary/aromatic N) is 1. The lowest BCUT2D eigenvalue weighted by Crippen LogP contribution is -2.24. The van der Waals surface area contributed by atoms with Crippen LogP contribution in [0.2, 0.25) is 0 Å². The van der Waals surface area contributed by atoms with Crippen LogP contribution in [0, 0.1) is 17.8 Å². The summed E-state index contributed by atoms with van der Waals surface area (Å²) in [4.78, 5) is 2.68. The Morgan fingerprint density at radius 1 is 1.23 bits per heavy atom. The molecule has 1 heterocycles. The van der Waals surface area contributed by atoms with E-state index in [1.54, 1.807) is 11.3 Å². The topological polar surface area (TPSA) is 4.93 Å². The second kappa shape index (κ2) is 9.91. The van der Waals surface area contributed by atoms with E-state index in [2.05, 4.69) is 69.9 Å². The van der Waals surface area contributed by atoms with Crippen molar-refractivity contribution in [3.8, 4) is 0 Å². The van der Waals surface area contributed by atoms with Crippen LogP contribution in [0.4, 0.5) is 0 Å². The maximum absolute atomic E-state index is 5.27. The second-order valence-corrected chi connectivity index (χ2v) is 8.88. The summed E-state index contributed by atoms with van der Waals surface area (Å²) in [5.74, 6) is 0. The van der Waals surface area contributed by atoms with E-state index in [-0.39, 0.29) is 0 Å². The van der Waals surface area contributed by atoms with Crippen molar-refractivity contribution in [1.82, 2.24) is 4.57 Å². The van der Waals surface area contributed by atoms with Gasteiger partial charge in [-0.15, -0.1) is 11.3 Å². The van der Waals surface area contributed by atoms with Crippen LogP contribution in [0.1, 0.15) is 24.5 Å². The van der Waals surface area contributed by atoms with Crippen molar-refractivity contribution in [1.29, 1.82) is 0 Å². The molecule has 0 spiro atoms.